The maximum absolute atomic E-state index is 12.8. The zero-order valence-corrected chi connectivity index (χ0v) is 16.6. The van der Waals surface area contributed by atoms with E-state index in [1.165, 1.54) is 11.3 Å². The average Bonchev–Trinajstić information content (AvgIpc) is 2.99. The maximum Gasteiger partial charge on any atom is 0.257 e. The molecule has 2 heterocycles. The molecule has 2 aromatic rings. The summed E-state index contributed by atoms with van der Waals surface area (Å²) in [6.45, 7) is 6.85. The molecular formula is C19H23N3O2S2. The number of nitrogens with two attached hydrogens (primary N) is 1. The lowest BCUT2D eigenvalue weighted by molar-refractivity contribution is 0.1000. The number of thioether (sulfide) groups is 1. The van der Waals surface area contributed by atoms with Crippen molar-refractivity contribution in [2.75, 3.05) is 24.2 Å². The van der Waals surface area contributed by atoms with Crippen LogP contribution < -0.4 is 11.1 Å². The Morgan fingerprint density at radius 1 is 1.31 bits per heavy atom. The number of likely N-dealkylation sites (N-methyl/N-ethyl adjacent to an activating group) is 1. The summed E-state index contributed by atoms with van der Waals surface area (Å²) in [7, 11) is 0. The molecule has 1 aromatic carbocycles. The summed E-state index contributed by atoms with van der Waals surface area (Å²) in [4.78, 5) is 29.3. The van der Waals surface area contributed by atoms with Crippen LogP contribution in [0.1, 0.15) is 45.0 Å². The van der Waals surface area contributed by atoms with Gasteiger partial charge in [0.05, 0.1) is 11.1 Å². The Kier molecular flexibility index (Phi) is 6.01. The highest BCUT2D eigenvalue weighted by Gasteiger charge is 2.27. The summed E-state index contributed by atoms with van der Waals surface area (Å²) in [5.41, 5.74) is 7.74. The third kappa shape index (κ3) is 3.79. The van der Waals surface area contributed by atoms with Crippen LogP contribution in [0.5, 0.6) is 0 Å². The zero-order chi connectivity index (χ0) is 18.7. The number of nitrogens with one attached hydrogen (secondary N) is 1. The van der Waals surface area contributed by atoms with Crippen molar-refractivity contribution in [3.05, 3.63) is 45.8 Å². The number of anilines is 1. The Bertz CT molecular complexity index is 832. The minimum Gasteiger partial charge on any atom is -0.365 e. The van der Waals surface area contributed by atoms with Crippen LogP contribution in [0.4, 0.5) is 5.00 Å². The Balaban J connectivity index is 1.92. The molecule has 1 aliphatic rings. The summed E-state index contributed by atoms with van der Waals surface area (Å²) in [6, 6.07) is 7.52. The number of thiophene rings is 1. The smallest absolute Gasteiger partial charge is 0.257 e. The van der Waals surface area contributed by atoms with Gasteiger partial charge >= 0.3 is 0 Å². The molecule has 0 unspecified atom stereocenters. The number of rotatable bonds is 6. The van der Waals surface area contributed by atoms with Gasteiger partial charge < -0.3 is 11.1 Å². The number of hydrogen-bond donors (Lipinski definition) is 2. The molecule has 1 aliphatic heterocycles. The van der Waals surface area contributed by atoms with Crippen molar-refractivity contribution in [2.45, 2.75) is 31.7 Å². The highest BCUT2D eigenvalue weighted by molar-refractivity contribution is 7.99. The van der Waals surface area contributed by atoms with E-state index in [0.29, 0.717) is 16.1 Å². The van der Waals surface area contributed by atoms with Crippen molar-refractivity contribution < 1.29 is 9.59 Å². The normalized spacial score (nSPS) is 14.1. The van der Waals surface area contributed by atoms with Crippen LogP contribution in [0.2, 0.25) is 0 Å². The van der Waals surface area contributed by atoms with Crippen molar-refractivity contribution in [2.24, 2.45) is 5.73 Å². The lowest BCUT2D eigenvalue weighted by atomic mass is 10.0. The summed E-state index contributed by atoms with van der Waals surface area (Å²) >= 11 is 3.10. The molecule has 3 rings (SSSR count). The van der Waals surface area contributed by atoms with Gasteiger partial charge in [-0.15, -0.1) is 23.1 Å². The number of primary amides is 1. The molecule has 2 amide bonds. The second-order valence-corrected chi connectivity index (χ2v) is 8.49. The third-order valence-electron chi connectivity index (χ3n) is 4.49. The molecule has 0 radical (unpaired) electrons. The Hall–Kier alpha value is -1.83. The molecule has 26 heavy (non-hydrogen) atoms. The van der Waals surface area contributed by atoms with Crippen molar-refractivity contribution in [1.29, 1.82) is 0 Å². The summed E-state index contributed by atoms with van der Waals surface area (Å²) < 4.78 is 0. The fourth-order valence-electron chi connectivity index (χ4n) is 3.18. The fourth-order valence-corrected chi connectivity index (χ4v) is 5.27. The number of nitrogens with zero attached hydrogens (tertiary/aromatic N) is 1. The lowest BCUT2D eigenvalue weighted by Gasteiger charge is -2.25. The first-order chi connectivity index (χ1) is 12.5. The van der Waals surface area contributed by atoms with E-state index < -0.39 is 5.91 Å². The number of hydrogen-bond acceptors (Lipinski definition) is 5. The number of fused-ring (bicyclic) bond motifs is 1. The third-order valence-corrected chi connectivity index (χ3v) is 6.58. The first-order valence-electron chi connectivity index (χ1n) is 8.75. The van der Waals surface area contributed by atoms with Gasteiger partial charge in [0.15, 0.2) is 0 Å². The monoisotopic (exact) mass is 389 g/mol. The SMILES string of the molecule is CCSc1ccccc1C(=O)Nc1sc2c(c1C(N)=O)CCN(CC)C2. The molecule has 7 heteroatoms. The minimum atomic E-state index is -0.473. The Morgan fingerprint density at radius 3 is 2.77 bits per heavy atom. The van der Waals surface area contributed by atoms with Crippen LogP contribution >= 0.6 is 23.1 Å². The van der Waals surface area contributed by atoms with Gasteiger partial charge in [0, 0.05) is 22.9 Å². The van der Waals surface area contributed by atoms with Crippen LogP contribution in [0.25, 0.3) is 0 Å². The summed E-state index contributed by atoms with van der Waals surface area (Å²) in [5.74, 6) is 0.214. The van der Waals surface area contributed by atoms with Gasteiger partial charge in [-0.2, -0.15) is 0 Å². The van der Waals surface area contributed by atoms with Crippen LogP contribution in [-0.4, -0.2) is 35.6 Å². The van der Waals surface area contributed by atoms with E-state index in [0.717, 1.165) is 47.1 Å². The van der Waals surface area contributed by atoms with E-state index in [1.54, 1.807) is 11.8 Å². The largest absolute Gasteiger partial charge is 0.365 e. The average molecular weight is 390 g/mol. The predicted molar refractivity (Wildman–Crippen MR) is 108 cm³/mol. The molecule has 0 bridgehead atoms. The highest BCUT2D eigenvalue weighted by atomic mass is 32.2. The molecule has 0 fully saturated rings. The molecule has 138 valence electrons. The van der Waals surface area contributed by atoms with E-state index in [1.807, 2.05) is 24.3 Å². The number of carbonyl (C=O) groups excluding carboxylic acids is 2. The van der Waals surface area contributed by atoms with E-state index in [9.17, 15) is 9.59 Å². The first kappa shape index (κ1) is 18.9. The Labute approximate surface area is 162 Å². The second-order valence-electron chi connectivity index (χ2n) is 6.07. The van der Waals surface area contributed by atoms with E-state index >= 15 is 0 Å². The van der Waals surface area contributed by atoms with Gasteiger partial charge in [0.2, 0.25) is 0 Å². The fraction of sp³-hybridized carbons (Fsp3) is 0.368. The standard InChI is InChI=1S/C19H23N3O2S2/c1-3-22-10-9-12-15(11-22)26-19(16(12)17(20)23)21-18(24)13-7-5-6-8-14(13)25-4-2/h5-8H,3-4,9-11H2,1-2H3,(H2,20,23)(H,21,24). The van der Waals surface area contributed by atoms with Gasteiger partial charge in [0.25, 0.3) is 11.8 Å². The van der Waals surface area contributed by atoms with Crippen molar-refractivity contribution in [1.82, 2.24) is 4.90 Å². The topological polar surface area (TPSA) is 75.4 Å². The summed E-state index contributed by atoms with van der Waals surface area (Å²) in [6.07, 6.45) is 0.788. The van der Waals surface area contributed by atoms with Gasteiger partial charge in [-0.3, -0.25) is 14.5 Å². The predicted octanol–water partition coefficient (Wildman–Crippen LogP) is 3.59. The van der Waals surface area contributed by atoms with Gasteiger partial charge in [-0.25, -0.2) is 0 Å². The number of benzene rings is 1. The van der Waals surface area contributed by atoms with E-state index in [-0.39, 0.29) is 5.91 Å². The van der Waals surface area contributed by atoms with E-state index in [4.69, 9.17) is 5.73 Å². The molecule has 0 saturated heterocycles. The van der Waals surface area contributed by atoms with Crippen molar-refractivity contribution in [3.63, 3.8) is 0 Å². The van der Waals surface area contributed by atoms with Gasteiger partial charge in [-0.05, 0) is 36.4 Å². The first-order valence-corrected chi connectivity index (χ1v) is 10.5. The molecule has 0 saturated carbocycles. The van der Waals surface area contributed by atoms with Crippen LogP contribution in [-0.2, 0) is 13.0 Å². The highest BCUT2D eigenvalue weighted by Crippen LogP contribution is 2.37. The molecule has 0 atom stereocenters. The lowest BCUT2D eigenvalue weighted by Crippen LogP contribution is -2.30. The molecule has 5 nitrogen and oxygen atoms in total. The van der Waals surface area contributed by atoms with E-state index in [2.05, 4.69) is 24.1 Å². The van der Waals surface area contributed by atoms with Gasteiger partial charge in [-0.1, -0.05) is 26.0 Å². The summed E-state index contributed by atoms with van der Waals surface area (Å²) in [5, 5.41) is 3.52. The quantitative estimate of drug-likeness (QED) is 0.741. The van der Waals surface area contributed by atoms with Crippen LogP contribution in [0.3, 0.4) is 0 Å². The zero-order valence-electron chi connectivity index (χ0n) is 15.0. The number of carbonyl (C=O) groups is 2. The molecule has 3 N–H and O–H groups in total. The van der Waals surface area contributed by atoms with Crippen molar-refractivity contribution in [3.8, 4) is 0 Å². The van der Waals surface area contributed by atoms with Crippen molar-refractivity contribution >= 4 is 39.9 Å². The van der Waals surface area contributed by atoms with Crippen LogP contribution in [0.15, 0.2) is 29.2 Å². The van der Waals surface area contributed by atoms with Crippen LogP contribution in [0, 0.1) is 0 Å². The molecule has 1 aromatic heterocycles. The molecule has 0 aliphatic carbocycles. The minimum absolute atomic E-state index is 0.199. The second kappa shape index (κ2) is 8.24. The maximum atomic E-state index is 12.8. The number of amides is 2. The van der Waals surface area contributed by atoms with Gasteiger partial charge in [0.1, 0.15) is 5.00 Å². The molecular weight excluding hydrogens is 366 g/mol. The molecule has 0 spiro atoms. The Morgan fingerprint density at radius 2 is 2.08 bits per heavy atom.